The van der Waals surface area contributed by atoms with Crippen molar-refractivity contribution in [3.63, 3.8) is 0 Å². The van der Waals surface area contributed by atoms with Gasteiger partial charge < -0.3 is 20.7 Å². The smallest absolute Gasteiger partial charge is 0.329 e. The van der Waals surface area contributed by atoms with Crippen LogP contribution in [-0.4, -0.2) is 50.1 Å². The van der Waals surface area contributed by atoms with Crippen molar-refractivity contribution in [2.45, 2.75) is 38.3 Å². The summed E-state index contributed by atoms with van der Waals surface area (Å²) in [6.45, 7) is 2.02. The number of carbonyl (C=O) groups is 3. The van der Waals surface area contributed by atoms with Gasteiger partial charge in [0.2, 0.25) is 11.8 Å². The molecule has 1 atom stereocenters. The van der Waals surface area contributed by atoms with E-state index in [1.165, 1.54) is 14.0 Å². The van der Waals surface area contributed by atoms with Crippen LogP contribution in [0.15, 0.2) is 0 Å². The summed E-state index contributed by atoms with van der Waals surface area (Å²) in [5.41, 5.74) is 0. The minimum absolute atomic E-state index is 0.00384. The second-order valence-corrected chi connectivity index (χ2v) is 4.57. The Labute approximate surface area is 112 Å². The first kappa shape index (κ1) is 15.4. The molecule has 19 heavy (non-hydrogen) atoms. The Bertz CT molecular complexity index is 342. The van der Waals surface area contributed by atoms with E-state index in [1.807, 2.05) is 0 Å². The van der Waals surface area contributed by atoms with Crippen molar-refractivity contribution >= 4 is 17.8 Å². The predicted octanol–water partition coefficient (Wildman–Crippen LogP) is -1.08. The second kappa shape index (κ2) is 7.73. The summed E-state index contributed by atoms with van der Waals surface area (Å²) in [6, 6.07) is -0.372. The fraction of sp³-hybridized carbons (Fsp3) is 0.750. The van der Waals surface area contributed by atoms with Gasteiger partial charge in [0.05, 0.1) is 7.11 Å². The molecule has 0 aromatic carbocycles. The van der Waals surface area contributed by atoms with E-state index in [0.717, 1.165) is 12.8 Å². The van der Waals surface area contributed by atoms with Crippen molar-refractivity contribution in [1.82, 2.24) is 16.0 Å². The molecule has 2 amide bonds. The zero-order valence-corrected chi connectivity index (χ0v) is 11.3. The van der Waals surface area contributed by atoms with Crippen LogP contribution in [-0.2, 0) is 19.1 Å². The zero-order chi connectivity index (χ0) is 14.3. The number of carbonyl (C=O) groups excluding carboxylic acids is 3. The lowest BCUT2D eigenvalue weighted by Crippen LogP contribution is -2.47. The van der Waals surface area contributed by atoms with Crippen LogP contribution in [0.2, 0.25) is 0 Å². The highest BCUT2D eigenvalue weighted by Crippen LogP contribution is 2.18. The highest BCUT2D eigenvalue weighted by atomic mass is 16.5. The van der Waals surface area contributed by atoms with Crippen LogP contribution in [0.5, 0.6) is 0 Å². The van der Waals surface area contributed by atoms with Gasteiger partial charge in [0, 0.05) is 32.5 Å². The number of rotatable bonds is 8. The molecule has 7 heteroatoms. The molecular weight excluding hydrogens is 250 g/mol. The first-order chi connectivity index (χ1) is 9.02. The lowest BCUT2D eigenvalue weighted by atomic mass is 10.2. The number of nitrogens with one attached hydrogen (secondary N) is 3. The summed E-state index contributed by atoms with van der Waals surface area (Å²) < 4.78 is 4.58. The highest BCUT2D eigenvalue weighted by Gasteiger charge is 2.23. The van der Waals surface area contributed by atoms with Crippen LogP contribution in [0.4, 0.5) is 0 Å². The van der Waals surface area contributed by atoms with E-state index in [-0.39, 0.29) is 18.4 Å². The topological polar surface area (TPSA) is 96.5 Å². The van der Waals surface area contributed by atoms with Gasteiger partial charge in [0.15, 0.2) is 0 Å². The minimum Gasteiger partial charge on any atom is -0.467 e. The predicted molar refractivity (Wildman–Crippen MR) is 68.3 cm³/mol. The summed E-state index contributed by atoms with van der Waals surface area (Å²) >= 11 is 0. The highest BCUT2D eigenvalue weighted by molar-refractivity contribution is 5.83. The molecule has 0 bridgehead atoms. The lowest BCUT2D eigenvalue weighted by molar-refractivity contribution is -0.144. The molecule has 0 aromatic heterocycles. The molecule has 7 nitrogen and oxygen atoms in total. The summed E-state index contributed by atoms with van der Waals surface area (Å²) in [7, 11) is 1.26. The van der Waals surface area contributed by atoms with Crippen molar-refractivity contribution in [2.24, 2.45) is 0 Å². The van der Waals surface area contributed by atoms with Gasteiger partial charge in [-0.3, -0.25) is 9.59 Å². The Morgan fingerprint density at radius 1 is 1.32 bits per heavy atom. The summed E-state index contributed by atoms with van der Waals surface area (Å²) in [4.78, 5) is 33.7. The van der Waals surface area contributed by atoms with Crippen molar-refractivity contribution in [3.8, 4) is 0 Å². The van der Waals surface area contributed by atoms with Crippen LogP contribution in [0, 0.1) is 0 Å². The SMILES string of the molecule is COC(=O)C(CNCCC(=O)NC1CC1)NC(C)=O. The molecule has 0 aliphatic heterocycles. The van der Waals surface area contributed by atoms with Crippen molar-refractivity contribution in [3.05, 3.63) is 0 Å². The number of ether oxygens (including phenoxy) is 1. The number of methoxy groups -OCH3 is 1. The number of esters is 1. The summed E-state index contributed by atoms with van der Waals surface area (Å²) in [5.74, 6) is -0.807. The van der Waals surface area contributed by atoms with Crippen molar-refractivity contribution < 1.29 is 19.1 Å². The maximum atomic E-state index is 11.4. The van der Waals surface area contributed by atoms with E-state index in [9.17, 15) is 14.4 Å². The molecule has 3 N–H and O–H groups in total. The zero-order valence-electron chi connectivity index (χ0n) is 11.3. The molecule has 1 aliphatic carbocycles. The second-order valence-electron chi connectivity index (χ2n) is 4.57. The Hall–Kier alpha value is -1.63. The lowest BCUT2D eigenvalue weighted by Gasteiger charge is -2.16. The molecule has 0 aromatic rings. The Kier molecular flexibility index (Phi) is 6.27. The fourth-order valence-corrected chi connectivity index (χ4v) is 1.56. The average molecular weight is 271 g/mol. The molecule has 0 radical (unpaired) electrons. The molecule has 0 saturated heterocycles. The fourth-order valence-electron chi connectivity index (χ4n) is 1.56. The van der Waals surface area contributed by atoms with Crippen molar-refractivity contribution in [2.75, 3.05) is 20.2 Å². The van der Waals surface area contributed by atoms with Gasteiger partial charge in [0.1, 0.15) is 6.04 Å². The summed E-state index contributed by atoms with van der Waals surface area (Å²) in [5, 5.41) is 8.31. The van der Waals surface area contributed by atoms with E-state index >= 15 is 0 Å². The molecule has 1 fully saturated rings. The van der Waals surface area contributed by atoms with Crippen LogP contribution >= 0.6 is 0 Å². The first-order valence-electron chi connectivity index (χ1n) is 6.38. The number of hydrogen-bond donors (Lipinski definition) is 3. The Morgan fingerprint density at radius 2 is 2.00 bits per heavy atom. The standard InChI is InChI=1S/C12H21N3O4/c1-8(16)14-10(12(18)19-2)7-13-6-5-11(17)15-9-3-4-9/h9-10,13H,3-7H2,1-2H3,(H,14,16)(H,15,17). The Balaban J connectivity index is 2.17. The van der Waals surface area contributed by atoms with Gasteiger partial charge in [0.25, 0.3) is 0 Å². The van der Waals surface area contributed by atoms with E-state index in [2.05, 4.69) is 20.7 Å². The van der Waals surface area contributed by atoms with E-state index in [4.69, 9.17) is 0 Å². The van der Waals surface area contributed by atoms with Crippen LogP contribution in [0.3, 0.4) is 0 Å². The molecule has 1 aliphatic rings. The molecule has 1 rings (SSSR count). The molecule has 1 unspecified atom stereocenters. The summed E-state index contributed by atoms with van der Waals surface area (Å²) in [6.07, 6.45) is 2.47. The van der Waals surface area contributed by atoms with Gasteiger partial charge >= 0.3 is 5.97 Å². The molecule has 1 saturated carbocycles. The van der Waals surface area contributed by atoms with Gasteiger partial charge in [-0.2, -0.15) is 0 Å². The largest absolute Gasteiger partial charge is 0.467 e. The normalized spacial score (nSPS) is 15.5. The van der Waals surface area contributed by atoms with E-state index in [1.54, 1.807) is 0 Å². The third-order valence-electron chi connectivity index (χ3n) is 2.68. The average Bonchev–Trinajstić information content (AvgIpc) is 3.15. The maximum absolute atomic E-state index is 11.4. The van der Waals surface area contributed by atoms with Crippen LogP contribution < -0.4 is 16.0 Å². The molecule has 0 heterocycles. The van der Waals surface area contributed by atoms with Crippen LogP contribution in [0.25, 0.3) is 0 Å². The number of amides is 2. The van der Waals surface area contributed by atoms with Crippen molar-refractivity contribution in [1.29, 1.82) is 0 Å². The first-order valence-corrected chi connectivity index (χ1v) is 6.38. The molecule has 108 valence electrons. The molecular formula is C12H21N3O4. The van der Waals surface area contributed by atoms with Gasteiger partial charge in [-0.1, -0.05) is 0 Å². The van der Waals surface area contributed by atoms with E-state index < -0.39 is 12.0 Å². The third-order valence-corrected chi connectivity index (χ3v) is 2.68. The van der Waals surface area contributed by atoms with Crippen LogP contribution in [0.1, 0.15) is 26.2 Å². The van der Waals surface area contributed by atoms with E-state index in [0.29, 0.717) is 19.0 Å². The third kappa shape index (κ3) is 6.76. The number of hydrogen-bond acceptors (Lipinski definition) is 5. The Morgan fingerprint density at radius 3 is 2.53 bits per heavy atom. The van der Waals surface area contributed by atoms with Gasteiger partial charge in [-0.25, -0.2) is 4.79 Å². The minimum atomic E-state index is -0.728. The maximum Gasteiger partial charge on any atom is 0.329 e. The van der Waals surface area contributed by atoms with Gasteiger partial charge in [-0.05, 0) is 12.8 Å². The molecule has 0 spiro atoms. The quantitative estimate of drug-likeness (QED) is 0.385. The monoisotopic (exact) mass is 271 g/mol. The van der Waals surface area contributed by atoms with Gasteiger partial charge in [-0.15, -0.1) is 0 Å².